The standard InChI is InChI=1S/C7H13F3N2O2/c1-3-11(5-7(8,9)10)4-6(2)12(13)14/h6H,3-5H2,1-2H3. The van der Waals surface area contributed by atoms with E-state index in [1.165, 1.54) is 6.92 Å². The lowest BCUT2D eigenvalue weighted by Crippen LogP contribution is -2.40. The van der Waals surface area contributed by atoms with Crippen LogP contribution in [-0.2, 0) is 0 Å². The van der Waals surface area contributed by atoms with E-state index in [0.717, 1.165) is 4.90 Å². The largest absolute Gasteiger partial charge is 0.401 e. The second-order valence-electron chi connectivity index (χ2n) is 3.08. The average Bonchev–Trinajstić information content (AvgIpc) is 2.00. The van der Waals surface area contributed by atoms with E-state index >= 15 is 0 Å². The molecule has 0 aromatic heterocycles. The molecule has 0 spiro atoms. The molecule has 0 aliphatic carbocycles. The van der Waals surface area contributed by atoms with E-state index in [2.05, 4.69) is 0 Å². The van der Waals surface area contributed by atoms with Crippen LogP contribution in [0.15, 0.2) is 0 Å². The highest BCUT2D eigenvalue weighted by Gasteiger charge is 2.31. The molecule has 4 nitrogen and oxygen atoms in total. The minimum Gasteiger partial charge on any atom is -0.289 e. The average molecular weight is 214 g/mol. The van der Waals surface area contributed by atoms with Crippen molar-refractivity contribution in [2.75, 3.05) is 19.6 Å². The van der Waals surface area contributed by atoms with Crippen LogP contribution >= 0.6 is 0 Å². The van der Waals surface area contributed by atoms with Gasteiger partial charge in [0.05, 0.1) is 13.1 Å². The van der Waals surface area contributed by atoms with Crippen molar-refractivity contribution in [2.45, 2.75) is 26.1 Å². The van der Waals surface area contributed by atoms with Crippen molar-refractivity contribution in [3.05, 3.63) is 10.1 Å². The summed E-state index contributed by atoms with van der Waals surface area (Å²) in [6.07, 6.45) is -4.30. The van der Waals surface area contributed by atoms with Crippen molar-refractivity contribution in [1.29, 1.82) is 0 Å². The zero-order valence-electron chi connectivity index (χ0n) is 8.04. The first-order valence-electron chi connectivity index (χ1n) is 4.19. The Balaban J connectivity index is 4.10. The van der Waals surface area contributed by atoms with E-state index < -0.39 is 23.7 Å². The lowest BCUT2D eigenvalue weighted by atomic mass is 10.3. The Labute approximate surface area is 79.8 Å². The highest BCUT2D eigenvalue weighted by molar-refractivity contribution is 4.64. The number of alkyl halides is 3. The Hall–Kier alpha value is -0.850. The van der Waals surface area contributed by atoms with Gasteiger partial charge in [0.25, 0.3) is 0 Å². The summed E-state index contributed by atoms with van der Waals surface area (Å²) in [4.78, 5) is 10.6. The van der Waals surface area contributed by atoms with Crippen LogP contribution in [-0.4, -0.2) is 41.7 Å². The predicted molar refractivity (Wildman–Crippen MR) is 44.6 cm³/mol. The maximum absolute atomic E-state index is 11.9. The van der Waals surface area contributed by atoms with Gasteiger partial charge < -0.3 is 0 Å². The summed E-state index contributed by atoms with van der Waals surface area (Å²) in [5.74, 6) is 0. The second kappa shape index (κ2) is 5.14. The maximum atomic E-state index is 11.9. The topological polar surface area (TPSA) is 46.4 Å². The summed E-state index contributed by atoms with van der Waals surface area (Å²) in [6.45, 7) is 1.71. The fourth-order valence-electron chi connectivity index (χ4n) is 0.999. The molecule has 0 amide bonds. The van der Waals surface area contributed by atoms with Crippen molar-refractivity contribution >= 4 is 0 Å². The van der Waals surface area contributed by atoms with Gasteiger partial charge in [0.1, 0.15) is 0 Å². The molecular formula is C7H13F3N2O2. The molecule has 0 rings (SSSR count). The number of likely N-dealkylation sites (N-methyl/N-ethyl adjacent to an activating group) is 1. The third-order valence-electron chi connectivity index (χ3n) is 1.73. The normalized spacial score (nSPS) is 14.4. The quantitative estimate of drug-likeness (QED) is 0.515. The first-order chi connectivity index (χ1) is 6.26. The van der Waals surface area contributed by atoms with Gasteiger partial charge in [0.15, 0.2) is 0 Å². The van der Waals surface area contributed by atoms with Gasteiger partial charge in [-0.05, 0) is 6.54 Å². The minimum absolute atomic E-state index is 0.150. The molecule has 1 unspecified atom stereocenters. The van der Waals surface area contributed by atoms with E-state index in [4.69, 9.17) is 0 Å². The van der Waals surface area contributed by atoms with E-state index in [0.29, 0.717) is 0 Å². The number of hydrogen-bond donors (Lipinski definition) is 0. The molecule has 14 heavy (non-hydrogen) atoms. The molecule has 0 aromatic carbocycles. The molecule has 7 heteroatoms. The van der Waals surface area contributed by atoms with Gasteiger partial charge in [0, 0.05) is 11.8 Å². The van der Waals surface area contributed by atoms with Crippen LogP contribution in [0.4, 0.5) is 13.2 Å². The molecule has 0 heterocycles. The highest BCUT2D eigenvalue weighted by atomic mass is 19.4. The summed E-state index contributed by atoms with van der Waals surface area (Å²) in [6, 6.07) is -0.975. The van der Waals surface area contributed by atoms with E-state index in [1.54, 1.807) is 6.92 Å². The van der Waals surface area contributed by atoms with Crippen LogP contribution in [0.5, 0.6) is 0 Å². The van der Waals surface area contributed by atoms with Crippen molar-refractivity contribution in [1.82, 2.24) is 4.90 Å². The molecule has 0 bridgehead atoms. The Kier molecular flexibility index (Phi) is 4.82. The molecule has 0 N–H and O–H groups in total. The van der Waals surface area contributed by atoms with Gasteiger partial charge >= 0.3 is 6.18 Å². The van der Waals surface area contributed by atoms with E-state index in [9.17, 15) is 23.3 Å². The Morgan fingerprint density at radius 1 is 1.50 bits per heavy atom. The summed E-state index contributed by atoms with van der Waals surface area (Å²) in [7, 11) is 0. The smallest absolute Gasteiger partial charge is 0.289 e. The highest BCUT2D eigenvalue weighted by Crippen LogP contribution is 2.16. The monoisotopic (exact) mass is 214 g/mol. The molecule has 0 fully saturated rings. The molecular weight excluding hydrogens is 201 g/mol. The summed E-state index contributed by atoms with van der Waals surface area (Å²) >= 11 is 0. The SMILES string of the molecule is CCN(CC(C)[N+](=O)[O-])CC(F)(F)F. The van der Waals surface area contributed by atoms with Crippen molar-refractivity contribution in [3.8, 4) is 0 Å². The van der Waals surface area contributed by atoms with Crippen LogP contribution in [0.2, 0.25) is 0 Å². The van der Waals surface area contributed by atoms with Crippen molar-refractivity contribution < 1.29 is 18.1 Å². The zero-order chi connectivity index (χ0) is 11.4. The Morgan fingerprint density at radius 2 is 2.00 bits per heavy atom. The molecule has 0 saturated heterocycles. The Morgan fingerprint density at radius 3 is 2.29 bits per heavy atom. The van der Waals surface area contributed by atoms with Crippen LogP contribution in [0.3, 0.4) is 0 Å². The fourth-order valence-corrected chi connectivity index (χ4v) is 0.999. The van der Waals surface area contributed by atoms with Gasteiger partial charge in [-0.1, -0.05) is 6.92 Å². The first kappa shape index (κ1) is 13.2. The summed E-state index contributed by atoms with van der Waals surface area (Å²) in [5.41, 5.74) is 0. The number of halogens is 3. The van der Waals surface area contributed by atoms with Crippen molar-refractivity contribution in [2.24, 2.45) is 0 Å². The fraction of sp³-hybridized carbons (Fsp3) is 1.00. The Bertz CT molecular complexity index is 196. The van der Waals surface area contributed by atoms with Crippen molar-refractivity contribution in [3.63, 3.8) is 0 Å². The zero-order valence-corrected chi connectivity index (χ0v) is 8.04. The van der Waals surface area contributed by atoms with Crippen LogP contribution in [0.25, 0.3) is 0 Å². The summed E-state index contributed by atoms with van der Waals surface area (Å²) in [5, 5.41) is 10.2. The number of rotatable bonds is 5. The number of hydrogen-bond acceptors (Lipinski definition) is 3. The first-order valence-corrected chi connectivity index (χ1v) is 4.19. The predicted octanol–water partition coefficient (Wildman–Crippen LogP) is 1.54. The second-order valence-corrected chi connectivity index (χ2v) is 3.08. The van der Waals surface area contributed by atoms with Crippen LogP contribution < -0.4 is 0 Å². The van der Waals surface area contributed by atoms with Gasteiger partial charge in [-0.15, -0.1) is 0 Å². The molecule has 0 aliphatic heterocycles. The molecule has 0 aromatic rings. The lowest BCUT2D eigenvalue weighted by Gasteiger charge is -2.21. The van der Waals surface area contributed by atoms with E-state index in [1.807, 2.05) is 0 Å². The van der Waals surface area contributed by atoms with E-state index in [-0.39, 0.29) is 13.1 Å². The third-order valence-corrected chi connectivity index (χ3v) is 1.73. The van der Waals surface area contributed by atoms with Gasteiger partial charge in [-0.3, -0.25) is 15.0 Å². The lowest BCUT2D eigenvalue weighted by molar-refractivity contribution is -0.518. The molecule has 0 radical (unpaired) electrons. The molecule has 1 atom stereocenters. The third kappa shape index (κ3) is 5.74. The number of nitro groups is 1. The maximum Gasteiger partial charge on any atom is 0.401 e. The van der Waals surface area contributed by atoms with Gasteiger partial charge in [0.2, 0.25) is 6.04 Å². The molecule has 0 saturated carbocycles. The van der Waals surface area contributed by atoms with Gasteiger partial charge in [-0.2, -0.15) is 13.2 Å². The number of nitrogens with zero attached hydrogens (tertiary/aromatic N) is 2. The minimum atomic E-state index is -4.30. The van der Waals surface area contributed by atoms with Crippen LogP contribution in [0.1, 0.15) is 13.8 Å². The van der Waals surface area contributed by atoms with Gasteiger partial charge in [-0.25, -0.2) is 0 Å². The van der Waals surface area contributed by atoms with Crippen LogP contribution in [0, 0.1) is 10.1 Å². The summed E-state index contributed by atoms with van der Waals surface area (Å²) < 4.78 is 35.8. The molecule has 84 valence electrons. The molecule has 0 aliphatic rings.